The molecule has 0 bridgehead atoms. The predicted molar refractivity (Wildman–Crippen MR) is 49.2 cm³/mol. The van der Waals surface area contributed by atoms with E-state index >= 15 is 0 Å². The third kappa shape index (κ3) is 1.57. The maximum atomic E-state index is 10.9. The second-order valence-electron chi connectivity index (χ2n) is 4.53. The van der Waals surface area contributed by atoms with Crippen LogP contribution in [0.25, 0.3) is 0 Å². The van der Waals surface area contributed by atoms with E-state index in [0.717, 1.165) is 32.1 Å². The van der Waals surface area contributed by atoms with Gasteiger partial charge in [-0.15, -0.1) is 0 Å². The Hall–Kier alpha value is -0.570. The summed E-state index contributed by atoms with van der Waals surface area (Å²) < 4.78 is 0. The largest absolute Gasteiger partial charge is 0.481 e. The first kappa shape index (κ1) is 9.00. The Morgan fingerprint density at radius 1 is 1.31 bits per heavy atom. The van der Waals surface area contributed by atoms with Gasteiger partial charge >= 0.3 is 5.97 Å². The van der Waals surface area contributed by atoms with E-state index in [4.69, 9.17) is 10.8 Å². The van der Waals surface area contributed by atoms with E-state index in [1.807, 2.05) is 0 Å². The molecule has 2 aliphatic rings. The van der Waals surface area contributed by atoms with Gasteiger partial charge in [0.25, 0.3) is 0 Å². The SMILES string of the molecule is NC1CC(C2CCCC2C(=O)O)C1. The Morgan fingerprint density at radius 2 is 2.00 bits per heavy atom. The molecule has 0 saturated heterocycles. The molecular formula is C10H17NO2. The molecule has 0 spiro atoms. The molecule has 3 N–H and O–H groups in total. The van der Waals surface area contributed by atoms with Crippen LogP contribution in [0.4, 0.5) is 0 Å². The van der Waals surface area contributed by atoms with Gasteiger partial charge in [0.05, 0.1) is 5.92 Å². The van der Waals surface area contributed by atoms with Crippen molar-refractivity contribution in [3.05, 3.63) is 0 Å². The number of carbonyl (C=O) groups is 1. The van der Waals surface area contributed by atoms with Crippen LogP contribution in [0.3, 0.4) is 0 Å². The van der Waals surface area contributed by atoms with E-state index in [9.17, 15) is 4.79 Å². The molecule has 74 valence electrons. The number of carboxylic acids is 1. The Bertz CT molecular complexity index is 211. The Balaban J connectivity index is 1.94. The lowest BCUT2D eigenvalue weighted by Gasteiger charge is -2.38. The number of rotatable bonds is 2. The normalized spacial score (nSPS) is 44.4. The first-order valence-electron chi connectivity index (χ1n) is 5.17. The minimum atomic E-state index is -0.594. The van der Waals surface area contributed by atoms with Crippen molar-refractivity contribution >= 4 is 5.97 Å². The van der Waals surface area contributed by atoms with Crippen molar-refractivity contribution in [2.45, 2.75) is 38.1 Å². The lowest BCUT2D eigenvalue weighted by molar-refractivity contribution is -0.144. The topological polar surface area (TPSA) is 63.3 Å². The molecule has 0 aromatic rings. The Kier molecular flexibility index (Phi) is 2.28. The highest BCUT2D eigenvalue weighted by Gasteiger charge is 2.42. The summed E-state index contributed by atoms with van der Waals surface area (Å²) in [6.45, 7) is 0. The number of hydrogen-bond donors (Lipinski definition) is 2. The monoisotopic (exact) mass is 183 g/mol. The van der Waals surface area contributed by atoms with Crippen LogP contribution in [0.2, 0.25) is 0 Å². The fraction of sp³-hybridized carbons (Fsp3) is 0.900. The van der Waals surface area contributed by atoms with Crippen molar-refractivity contribution < 1.29 is 9.90 Å². The van der Waals surface area contributed by atoms with Crippen molar-refractivity contribution in [1.29, 1.82) is 0 Å². The molecule has 2 unspecified atom stereocenters. The number of nitrogens with two attached hydrogens (primary N) is 1. The van der Waals surface area contributed by atoms with Gasteiger partial charge in [0, 0.05) is 6.04 Å². The zero-order valence-corrected chi connectivity index (χ0v) is 7.78. The number of aliphatic carboxylic acids is 1. The third-order valence-electron chi connectivity index (χ3n) is 3.70. The molecule has 0 aromatic heterocycles. The molecule has 0 heterocycles. The summed E-state index contributed by atoms with van der Waals surface area (Å²) in [5.41, 5.74) is 5.71. The minimum absolute atomic E-state index is 0.0718. The zero-order chi connectivity index (χ0) is 9.42. The molecule has 3 heteroatoms. The zero-order valence-electron chi connectivity index (χ0n) is 7.78. The third-order valence-corrected chi connectivity index (χ3v) is 3.70. The summed E-state index contributed by atoms with van der Waals surface area (Å²) in [6.07, 6.45) is 5.18. The summed E-state index contributed by atoms with van der Waals surface area (Å²) >= 11 is 0. The highest BCUT2D eigenvalue weighted by Crippen LogP contribution is 2.44. The highest BCUT2D eigenvalue weighted by atomic mass is 16.4. The van der Waals surface area contributed by atoms with Crippen LogP contribution < -0.4 is 5.73 Å². The predicted octanol–water partition coefficient (Wildman–Crippen LogP) is 1.22. The summed E-state index contributed by atoms with van der Waals surface area (Å²) in [4.78, 5) is 10.9. The van der Waals surface area contributed by atoms with E-state index < -0.39 is 5.97 Å². The molecule has 0 aromatic carbocycles. The standard InChI is InChI=1S/C10H17NO2/c11-7-4-6(5-7)8-2-1-3-9(8)10(12)13/h6-9H,1-5,11H2,(H,12,13). The van der Waals surface area contributed by atoms with Crippen LogP contribution in [-0.2, 0) is 4.79 Å². The average molecular weight is 183 g/mol. The lowest BCUT2D eigenvalue weighted by Crippen LogP contribution is -2.42. The number of hydrogen-bond acceptors (Lipinski definition) is 2. The van der Waals surface area contributed by atoms with Crippen LogP contribution in [0.5, 0.6) is 0 Å². The van der Waals surface area contributed by atoms with Gasteiger partial charge in [0.15, 0.2) is 0 Å². The fourth-order valence-electron chi connectivity index (χ4n) is 2.92. The summed E-state index contributed by atoms with van der Waals surface area (Å²) in [6, 6.07) is 0.347. The van der Waals surface area contributed by atoms with Crippen molar-refractivity contribution in [1.82, 2.24) is 0 Å². The lowest BCUT2D eigenvalue weighted by atomic mass is 9.69. The molecule has 3 nitrogen and oxygen atoms in total. The van der Waals surface area contributed by atoms with Gasteiger partial charge < -0.3 is 10.8 Å². The van der Waals surface area contributed by atoms with Crippen molar-refractivity contribution in [2.75, 3.05) is 0 Å². The highest BCUT2D eigenvalue weighted by molar-refractivity contribution is 5.70. The Morgan fingerprint density at radius 3 is 2.54 bits per heavy atom. The first-order valence-corrected chi connectivity index (χ1v) is 5.17. The number of carboxylic acid groups (broad SMARTS) is 1. The van der Waals surface area contributed by atoms with Gasteiger partial charge in [-0.1, -0.05) is 6.42 Å². The average Bonchev–Trinajstić information content (AvgIpc) is 2.45. The molecule has 0 amide bonds. The van der Waals surface area contributed by atoms with Crippen LogP contribution in [0.1, 0.15) is 32.1 Å². The van der Waals surface area contributed by atoms with Gasteiger partial charge in [-0.05, 0) is 37.5 Å². The van der Waals surface area contributed by atoms with Crippen LogP contribution >= 0.6 is 0 Å². The second kappa shape index (κ2) is 3.29. The first-order chi connectivity index (χ1) is 6.18. The van der Waals surface area contributed by atoms with E-state index in [-0.39, 0.29) is 5.92 Å². The van der Waals surface area contributed by atoms with Gasteiger partial charge in [-0.25, -0.2) is 0 Å². The maximum Gasteiger partial charge on any atom is 0.306 e. The maximum absolute atomic E-state index is 10.9. The smallest absolute Gasteiger partial charge is 0.306 e. The Labute approximate surface area is 78.3 Å². The molecule has 0 aliphatic heterocycles. The van der Waals surface area contributed by atoms with Gasteiger partial charge in [0.2, 0.25) is 0 Å². The molecule has 2 saturated carbocycles. The van der Waals surface area contributed by atoms with Crippen LogP contribution in [0, 0.1) is 17.8 Å². The summed E-state index contributed by atoms with van der Waals surface area (Å²) in [5, 5.41) is 8.99. The van der Waals surface area contributed by atoms with Gasteiger partial charge in [-0.2, -0.15) is 0 Å². The van der Waals surface area contributed by atoms with Crippen molar-refractivity contribution in [3.63, 3.8) is 0 Å². The van der Waals surface area contributed by atoms with E-state index in [1.54, 1.807) is 0 Å². The van der Waals surface area contributed by atoms with Crippen LogP contribution in [0.15, 0.2) is 0 Å². The van der Waals surface area contributed by atoms with E-state index in [0.29, 0.717) is 17.9 Å². The van der Waals surface area contributed by atoms with Gasteiger partial charge in [0.1, 0.15) is 0 Å². The van der Waals surface area contributed by atoms with Gasteiger partial charge in [-0.3, -0.25) is 4.79 Å². The van der Waals surface area contributed by atoms with Crippen molar-refractivity contribution in [3.8, 4) is 0 Å². The summed E-state index contributed by atoms with van der Waals surface area (Å²) in [5.74, 6) is 0.372. The summed E-state index contributed by atoms with van der Waals surface area (Å²) in [7, 11) is 0. The van der Waals surface area contributed by atoms with Crippen LogP contribution in [-0.4, -0.2) is 17.1 Å². The molecule has 13 heavy (non-hydrogen) atoms. The van der Waals surface area contributed by atoms with Crippen molar-refractivity contribution in [2.24, 2.45) is 23.5 Å². The molecule has 2 rings (SSSR count). The molecule has 2 atom stereocenters. The quantitative estimate of drug-likeness (QED) is 0.676. The molecule has 0 radical (unpaired) electrons. The van der Waals surface area contributed by atoms with E-state index in [1.165, 1.54) is 0 Å². The molecule has 2 aliphatic carbocycles. The van der Waals surface area contributed by atoms with E-state index in [2.05, 4.69) is 0 Å². The molecule has 2 fully saturated rings. The molecular weight excluding hydrogens is 166 g/mol. The minimum Gasteiger partial charge on any atom is -0.481 e. The fourth-order valence-corrected chi connectivity index (χ4v) is 2.92. The second-order valence-corrected chi connectivity index (χ2v) is 4.53.